The van der Waals surface area contributed by atoms with Crippen LogP contribution in [0.5, 0.6) is 0 Å². The van der Waals surface area contributed by atoms with Gasteiger partial charge >= 0.3 is 0 Å². The minimum Gasteiger partial charge on any atom is -0.383 e. The molecule has 1 aliphatic carbocycles. The summed E-state index contributed by atoms with van der Waals surface area (Å²) in [6.45, 7) is 4.37. The summed E-state index contributed by atoms with van der Waals surface area (Å²) in [4.78, 5) is 0. The molecule has 106 valence electrons. The first-order valence-electron chi connectivity index (χ1n) is 7.32. The number of methoxy groups -OCH3 is 1. The van der Waals surface area contributed by atoms with E-state index in [9.17, 15) is 0 Å². The molecule has 2 rings (SSSR count). The van der Waals surface area contributed by atoms with E-state index in [1.165, 1.54) is 19.3 Å². The van der Waals surface area contributed by atoms with E-state index in [0.717, 1.165) is 51.7 Å². The predicted molar refractivity (Wildman–Crippen MR) is 70.8 cm³/mol. The average molecular weight is 257 g/mol. The van der Waals surface area contributed by atoms with Crippen molar-refractivity contribution in [1.29, 1.82) is 0 Å². The van der Waals surface area contributed by atoms with Crippen molar-refractivity contribution in [2.75, 3.05) is 40.1 Å². The van der Waals surface area contributed by atoms with Crippen molar-refractivity contribution >= 4 is 0 Å². The predicted octanol–water partition coefficient (Wildman–Crippen LogP) is 1.59. The molecule has 2 atom stereocenters. The number of ether oxygens (including phenoxy) is 3. The average Bonchev–Trinajstić information content (AvgIpc) is 3.09. The molecular weight excluding hydrogens is 230 g/mol. The Morgan fingerprint density at radius 1 is 1.33 bits per heavy atom. The number of nitrogens with one attached hydrogen (secondary N) is 1. The summed E-state index contributed by atoms with van der Waals surface area (Å²) < 4.78 is 16.4. The molecule has 1 saturated carbocycles. The minimum absolute atomic E-state index is 0.352. The highest BCUT2D eigenvalue weighted by Gasteiger charge is 2.30. The van der Waals surface area contributed by atoms with E-state index in [1.54, 1.807) is 7.11 Å². The Kier molecular flexibility index (Phi) is 6.41. The third-order valence-electron chi connectivity index (χ3n) is 3.74. The molecule has 2 aliphatic rings. The summed E-state index contributed by atoms with van der Waals surface area (Å²) in [6.07, 6.45) is 6.49. The summed E-state index contributed by atoms with van der Waals surface area (Å²) in [6, 6.07) is 0.549. The SMILES string of the molecule is COCC(NCCCOCC1CCCO1)C1CC1. The van der Waals surface area contributed by atoms with Crippen LogP contribution >= 0.6 is 0 Å². The van der Waals surface area contributed by atoms with Crippen LogP contribution in [0.2, 0.25) is 0 Å². The van der Waals surface area contributed by atoms with E-state index < -0.39 is 0 Å². The number of hydrogen-bond acceptors (Lipinski definition) is 4. The molecule has 4 nitrogen and oxygen atoms in total. The maximum absolute atomic E-state index is 5.64. The highest BCUT2D eigenvalue weighted by molar-refractivity contribution is 4.86. The monoisotopic (exact) mass is 257 g/mol. The van der Waals surface area contributed by atoms with Crippen LogP contribution < -0.4 is 5.32 Å². The zero-order valence-electron chi connectivity index (χ0n) is 11.5. The Bertz CT molecular complexity index is 215. The van der Waals surface area contributed by atoms with Crippen molar-refractivity contribution in [2.45, 2.75) is 44.2 Å². The normalized spacial score (nSPS) is 25.5. The lowest BCUT2D eigenvalue weighted by atomic mass is 10.2. The van der Waals surface area contributed by atoms with Gasteiger partial charge in [-0.1, -0.05) is 0 Å². The van der Waals surface area contributed by atoms with Crippen LogP contribution in [0.25, 0.3) is 0 Å². The van der Waals surface area contributed by atoms with E-state index in [4.69, 9.17) is 14.2 Å². The van der Waals surface area contributed by atoms with Crippen LogP contribution in [0.3, 0.4) is 0 Å². The first kappa shape index (κ1) is 14.3. The molecular formula is C14H27NO3. The first-order valence-corrected chi connectivity index (χ1v) is 7.32. The molecule has 0 aromatic heterocycles. The highest BCUT2D eigenvalue weighted by Crippen LogP contribution is 2.32. The molecule has 2 fully saturated rings. The van der Waals surface area contributed by atoms with Crippen LogP contribution in [0, 0.1) is 5.92 Å². The lowest BCUT2D eigenvalue weighted by molar-refractivity contribution is 0.0163. The zero-order chi connectivity index (χ0) is 12.6. The van der Waals surface area contributed by atoms with Crippen molar-refractivity contribution in [3.63, 3.8) is 0 Å². The Balaban J connectivity index is 1.42. The molecule has 1 heterocycles. The van der Waals surface area contributed by atoms with Gasteiger partial charge in [0.1, 0.15) is 0 Å². The third kappa shape index (κ3) is 5.22. The van der Waals surface area contributed by atoms with E-state index in [1.807, 2.05) is 0 Å². The van der Waals surface area contributed by atoms with Gasteiger partial charge in [0, 0.05) is 26.4 Å². The molecule has 1 N–H and O–H groups in total. The zero-order valence-corrected chi connectivity index (χ0v) is 11.5. The van der Waals surface area contributed by atoms with Gasteiger partial charge in [0.25, 0.3) is 0 Å². The molecule has 0 spiro atoms. The van der Waals surface area contributed by atoms with Gasteiger partial charge in [0.15, 0.2) is 0 Å². The quantitative estimate of drug-likeness (QED) is 0.603. The second kappa shape index (κ2) is 8.10. The third-order valence-corrected chi connectivity index (χ3v) is 3.74. The maximum Gasteiger partial charge on any atom is 0.0809 e. The van der Waals surface area contributed by atoms with Gasteiger partial charge in [-0.05, 0) is 44.6 Å². The summed E-state index contributed by atoms with van der Waals surface area (Å²) >= 11 is 0. The Morgan fingerprint density at radius 2 is 2.22 bits per heavy atom. The molecule has 2 unspecified atom stereocenters. The summed E-state index contributed by atoms with van der Waals surface area (Å²) in [5.74, 6) is 0.845. The Hall–Kier alpha value is -0.160. The summed E-state index contributed by atoms with van der Waals surface area (Å²) in [5, 5.41) is 3.57. The number of hydrogen-bond donors (Lipinski definition) is 1. The molecule has 4 heteroatoms. The van der Waals surface area contributed by atoms with Crippen LogP contribution in [0.1, 0.15) is 32.1 Å². The Morgan fingerprint density at radius 3 is 2.89 bits per heavy atom. The minimum atomic E-state index is 0.352. The fraction of sp³-hybridized carbons (Fsp3) is 1.00. The molecule has 0 aromatic carbocycles. The smallest absolute Gasteiger partial charge is 0.0809 e. The van der Waals surface area contributed by atoms with Crippen molar-refractivity contribution in [3.05, 3.63) is 0 Å². The molecule has 1 saturated heterocycles. The largest absolute Gasteiger partial charge is 0.383 e. The second-order valence-corrected chi connectivity index (χ2v) is 5.42. The van der Waals surface area contributed by atoms with Gasteiger partial charge in [0.2, 0.25) is 0 Å². The van der Waals surface area contributed by atoms with Gasteiger partial charge in [-0.25, -0.2) is 0 Å². The van der Waals surface area contributed by atoms with Gasteiger partial charge in [-0.2, -0.15) is 0 Å². The lowest BCUT2D eigenvalue weighted by Gasteiger charge is -2.17. The molecule has 18 heavy (non-hydrogen) atoms. The van der Waals surface area contributed by atoms with Crippen molar-refractivity contribution < 1.29 is 14.2 Å². The van der Waals surface area contributed by atoms with E-state index in [-0.39, 0.29) is 0 Å². The fourth-order valence-electron chi connectivity index (χ4n) is 2.49. The molecule has 0 aromatic rings. The van der Waals surface area contributed by atoms with E-state index in [0.29, 0.717) is 12.1 Å². The maximum atomic E-state index is 5.64. The standard InChI is InChI=1S/C14H27NO3/c1-16-11-14(12-5-6-12)15-7-3-8-17-10-13-4-2-9-18-13/h12-15H,2-11H2,1H3. The van der Waals surface area contributed by atoms with Gasteiger partial charge in [-0.15, -0.1) is 0 Å². The van der Waals surface area contributed by atoms with Crippen LogP contribution in [-0.4, -0.2) is 52.2 Å². The Labute approximate surface area is 110 Å². The van der Waals surface area contributed by atoms with Gasteiger partial charge in [0.05, 0.1) is 19.3 Å². The van der Waals surface area contributed by atoms with Crippen LogP contribution in [-0.2, 0) is 14.2 Å². The lowest BCUT2D eigenvalue weighted by Crippen LogP contribution is -2.36. The van der Waals surface area contributed by atoms with E-state index >= 15 is 0 Å². The second-order valence-electron chi connectivity index (χ2n) is 5.42. The van der Waals surface area contributed by atoms with Crippen molar-refractivity contribution in [1.82, 2.24) is 5.32 Å². The van der Waals surface area contributed by atoms with Crippen LogP contribution in [0.15, 0.2) is 0 Å². The molecule has 0 bridgehead atoms. The summed E-state index contributed by atoms with van der Waals surface area (Å²) in [5.41, 5.74) is 0. The molecule has 1 aliphatic heterocycles. The number of rotatable bonds is 10. The summed E-state index contributed by atoms with van der Waals surface area (Å²) in [7, 11) is 1.78. The fourth-order valence-corrected chi connectivity index (χ4v) is 2.49. The molecule has 0 radical (unpaired) electrons. The van der Waals surface area contributed by atoms with Crippen LogP contribution in [0.4, 0.5) is 0 Å². The van der Waals surface area contributed by atoms with Crippen molar-refractivity contribution in [3.8, 4) is 0 Å². The molecule has 0 amide bonds. The van der Waals surface area contributed by atoms with Crippen molar-refractivity contribution in [2.24, 2.45) is 5.92 Å². The van der Waals surface area contributed by atoms with Gasteiger partial charge < -0.3 is 19.5 Å². The topological polar surface area (TPSA) is 39.7 Å². The van der Waals surface area contributed by atoms with E-state index in [2.05, 4.69) is 5.32 Å². The first-order chi connectivity index (χ1) is 8.90. The highest BCUT2D eigenvalue weighted by atomic mass is 16.5. The van der Waals surface area contributed by atoms with Gasteiger partial charge in [-0.3, -0.25) is 0 Å².